The zero-order valence-electron chi connectivity index (χ0n) is 9.92. The molecule has 0 radical (unpaired) electrons. The Bertz CT molecular complexity index is 128. The van der Waals surface area contributed by atoms with Crippen LogP contribution < -0.4 is 0 Å². The average molecular weight is 266 g/mol. The lowest BCUT2D eigenvalue weighted by Gasteiger charge is -2.26. The van der Waals surface area contributed by atoms with E-state index >= 15 is 0 Å². The van der Waals surface area contributed by atoms with Crippen LogP contribution in [0, 0.1) is 0 Å². The van der Waals surface area contributed by atoms with Crippen molar-refractivity contribution >= 4 is 15.9 Å². The maximum absolute atomic E-state index is 5.55. The fourth-order valence-corrected chi connectivity index (χ4v) is 1.55. The number of nitrogens with zero attached hydrogens (tertiary/aromatic N) is 1. The van der Waals surface area contributed by atoms with E-state index in [4.69, 9.17) is 4.74 Å². The van der Waals surface area contributed by atoms with E-state index < -0.39 is 0 Å². The zero-order chi connectivity index (χ0) is 11.0. The van der Waals surface area contributed by atoms with Gasteiger partial charge in [-0.3, -0.25) is 4.90 Å². The van der Waals surface area contributed by atoms with Crippen LogP contribution in [0.5, 0.6) is 0 Å². The van der Waals surface area contributed by atoms with E-state index in [1.165, 1.54) is 6.42 Å². The van der Waals surface area contributed by atoms with Crippen LogP contribution in [0.2, 0.25) is 0 Å². The third-order valence-electron chi connectivity index (χ3n) is 2.14. The van der Waals surface area contributed by atoms with Gasteiger partial charge in [-0.25, -0.2) is 0 Å². The molecular formula is C11H24BrNO. The van der Waals surface area contributed by atoms with Gasteiger partial charge in [-0.15, -0.1) is 0 Å². The largest absolute Gasteiger partial charge is 0.377 e. The first-order valence-corrected chi connectivity index (χ1v) is 6.61. The molecule has 0 N–H and O–H groups in total. The van der Waals surface area contributed by atoms with Gasteiger partial charge >= 0.3 is 0 Å². The molecule has 2 nitrogen and oxygen atoms in total. The Hall–Kier alpha value is 0.400. The summed E-state index contributed by atoms with van der Waals surface area (Å²) in [5, 5.41) is 1.08. The van der Waals surface area contributed by atoms with Gasteiger partial charge in [-0.1, -0.05) is 15.9 Å². The summed E-state index contributed by atoms with van der Waals surface area (Å²) in [5.41, 5.74) is 0. The Morgan fingerprint density at radius 3 is 2.21 bits per heavy atom. The number of hydrogen-bond donors (Lipinski definition) is 0. The summed E-state index contributed by atoms with van der Waals surface area (Å²) < 4.78 is 5.55. The Kier molecular flexibility index (Phi) is 8.94. The van der Waals surface area contributed by atoms with Crippen molar-refractivity contribution in [2.75, 3.05) is 25.0 Å². The summed E-state index contributed by atoms with van der Waals surface area (Å²) in [5.74, 6) is 0. The van der Waals surface area contributed by atoms with Crippen LogP contribution in [0.25, 0.3) is 0 Å². The normalized spacial score (nSPS) is 12.0. The molecule has 0 aliphatic rings. The van der Waals surface area contributed by atoms with Crippen LogP contribution >= 0.6 is 15.9 Å². The lowest BCUT2D eigenvalue weighted by atomic mass is 10.3. The second-order valence-electron chi connectivity index (χ2n) is 4.09. The second-order valence-corrected chi connectivity index (χ2v) is 4.88. The molecule has 3 heteroatoms. The molecule has 0 atom stereocenters. The Balaban J connectivity index is 3.62. The smallest absolute Gasteiger partial charge is 0.0597 e. The average Bonchev–Trinajstić information content (AvgIpc) is 2.09. The lowest BCUT2D eigenvalue weighted by molar-refractivity contribution is 0.0524. The van der Waals surface area contributed by atoms with Crippen LogP contribution in [-0.2, 0) is 4.74 Å². The van der Waals surface area contributed by atoms with Crippen molar-refractivity contribution < 1.29 is 4.74 Å². The van der Waals surface area contributed by atoms with Crippen molar-refractivity contribution in [3.63, 3.8) is 0 Å². The Morgan fingerprint density at radius 1 is 1.14 bits per heavy atom. The van der Waals surface area contributed by atoms with Crippen LogP contribution in [-0.4, -0.2) is 42.1 Å². The molecule has 0 heterocycles. The monoisotopic (exact) mass is 265 g/mol. The van der Waals surface area contributed by atoms with E-state index in [9.17, 15) is 0 Å². The fraction of sp³-hybridized carbons (Fsp3) is 1.00. The van der Waals surface area contributed by atoms with Crippen molar-refractivity contribution in [3.8, 4) is 0 Å². The molecule has 0 spiro atoms. The molecule has 0 unspecified atom stereocenters. The van der Waals surface area contributed by atoms with Gasteiger partial charge in [0.1, 0.15) is 0 Å². The van der Waals surface area contributed by atoms with Gasteiger partial charge < -0.3 is 4.74 Å². The summed E-state index contributed by atoms with van der Waals surface area (Å²) in [6.07, 6.45) is 1.56. The third kappa shape index (κ3) is 7.77. The maximum Gasteiger partial charge on any atom is 0.0597 e. The highest BCUT2D eigenvalue weighted by Gasteiger charge is 2.08. The fourth-order valence-electron chi connectivity index (χ4n) is 1.30. The molecule has 0 saturated carbocycles. The minimum Gasteiger partial charge on any atom is -0.377 e. The molecule has 0 aromatic carbocycles. The van der Waals surface area contributed by atoms with Gasteiger partial charge in [-0.05, 0) is 40.7 Å². The minimum atomic E-state index is 0.347. The van der Waals surface area contributed by atoms with Crippen molar-refractivity contribution in [1.29, 1.82) is 0 Å². The highest BCUT2D eigenvalue weighted by atomic mass is 79.9. The molecule has 86 valence electrons. The number of hydrogen-bond acceptors (Lipinski definition) is 2. The lowest BCUT2D eigenvalue weighted by Crippen LogP contribution is -2.35. The minimum absolute atomic E-state index is 0.347. The third-order valence-corrected chi connectivity index (χ3v) is 2.70. The SMILES string of the molecule is CC(C)OCCN(CCCBr)C(C)C. The Morgan fingerprint density at radius 2 is 1.79 bits per heavy atom. The van der Waals surface area contributed by atoms with Crippen molar-refractivity contribution in [1.82, 2.24) is 4.90 Å². The summed E-state index contributed by atoms with van der Waals surface area (Å²) in [7, 11) is 0. The van der Waals surface area contributed by atoms with Gasteiger partial charge in [-0.2, -0.15) is 0 Å². The predicted molar refractivity (Wildman–Crippen MR) is 66.2 cm³/mol. The summed E-state index contributed by atoms with van der Waals surface area (Å²) in [6.45, 7) is 11.7. The van der Waals surface area contributed by atoms with Gasteiger partial charge in [0, 0.05) is 17.9 Å². The molecule has 0 rings (SSSR count). The quantitative estimate of drug-likeness (QED) is 0.626. The van der Waals surface area contributed by atoms with E-state index in [2.05, 4.69) is 48.5 Å². The van der Waals surface area contributed by atoms with Crippen LogP contribution in [0.1, 0.15) is 34.1 Å². The van der Waals surface area contributed by atoms with Gasteiger partial charge in [0.2, 0.25) is 0 Å². The number of alkyl halides is 1. The number of rotatable bonds is 8. The molecule has 0 aromatic rings. The second kappa shape index (κ2) is 8.69. The topological polar surface area (TPSA) is 12.5 Å². The summed E-state index contributed by atoms with van der Waals surface area (Å²) in [6, 6.07) is 0.616. The van der Waals surface area contributed by atoms with Gasteiger partial charge in [0.05, 0.1) is 12.7 Å². The standard InChI is InChI=1S/C11H24BrNO/c1-10(2)13(7-5-6-12)8-9-14-11(3)4/h10-11H,5-9H2,1-4H3. The first-order chi connectivity index (χ1) is 6.57. The first kappa shape index (κ1) is 14.4. The molecule has 0 bridgehead atoms. The zero-order valence-corrected chi connectivity index (χ0v) is 11.5. The highest BCUT2D eigenvalue weighted by molar-refractivity contribution is 9.09. The molecule has 0 aromatic heterocycles. The van der Waals surface area contributed by atoms with E-state index in [0.717, 1.165) is 25.0 Å². The predicted octanol–water partition coefficient (Wildman–Crippen LogP) is 2.91. The summed E-state index contributed by atoms with van der Waals surface area (Å²) in [4.78, 5) is 2.46. The molecule has 14 heavy (non-hydrogen) atoms. The van der Waals surface area contributed by atoms with Crippen molar-refractivity contribution in [3.05, 3.63) is 0 Å². The molecule has 0 fully saturated rings. The number of ether oxygens (including phenoxy) is 1. The molecular weight excluding hydrogens is 242 g/mol. The van der Waals surface area contributed by atoms with Crippen LogP contribution in [0.15, 0.2) is 0 Å². The van der Waals surface area contributed by atoms with E-state index in [1.54, 1.807) is 0 Å². The number of halogens is 1. The van der Waals surface area contributed by atoms with Gasteiger partial charge in [0.15, 0.2) is 0 Å². The highest BCUT2D eigenvalue weighted by Crippen LogP contribution is 2.01. The van der Waals surface area contributed by atoms with Crippen molar-refractivity contribution in [2.45, 2.75) is 46.3 Å². The molecule has 0 amide bonds. The van der Waals surface area contributed by atoms with E-state index in [0.29, 0.717) is 12.1 Å². The van der Waals surface area contributed by atoms with Gasteiger partial charge in [0.25, 0.3) is 0 Å². The molecule has 0 aliphatic carbocycles. The molecule has 0 saturated heterocycles. The van der Waals surface area contributed by atoms with Crippen molar-refractivity contribution in [2.24, 2.45) is 0 Å². The van der Waals surface area contributed by atoms with E-state index in [1.807, 2.05) is 0 Å². The summed E-state index contributed by atoms with van der Waals surface area (Å²) >= 11 is 3.46. The van der Waals surface area contributed by atoms with Crippen LogP contribution in [0.4, 0.5) is 0 Å². The first-order valence-electron chi connectivity index (χ1n) is 5.49. The van der Waals surface area contributed by atoms with Crippen LogP contribution in [0.3, 0.4) is 0 Å². The van der Waals surface area contributed by atoms with E-state index in [-0.39, 0.29) is 0 Å². The maximum atomic E-state index is 5.55. The Labute approximate surface area is 97.1 Å². The molecule has 0 aliphatic heterocycles.